The summed E-state index contributed by atoms with van der Waals surface area (Å²) in [5.74, 6) is -0.112. The maximum atomic E-state index is 13.2. The SMILES string of the molecule is CCCCN(C(=O)c1ccccc1)c1nnc(-c2cc(C)c(OCCN3CCC(C(=O)O)CC3)c(C)c2)s1. The summed E-state index contributed by atoms with van der Waals surface area (Å²) >= 11 is 1.42. The highest BCUT2D eigenvalue weighted by atomic mass is 32.1. The quantitative estimate of drug-likeness (QED) is 0.348. The minimum Gasteiger partial charge on any atom is -0.492 e. The van der Waals surface area contributed by atoms with Crippen LogP contribution in [0.5, 0.6) is 5.75 Å². The number of carbonyl (C=O) groups excluding carboxylic acids is 1. The summed E-state index contributed by atoms with van der Waals surface area (Å²) in [7, 11) is 0. The number of amides is 1. The van der Waals surface area contributed by atoms with Crippen molar-refractivity contribution >= 4 is 28.3 Å². The molecule has 1 saturated heterocycles. The Kier molecular flexibility index (Phi) is 9.47. The number of ether oxygens (including phenoxy) is 1. The van der Waals surface area contributed by atoms with E-state index in [9.17, 15) is 14.7 Å². The lowest BCUT2D eigenvalue weighted by atomic mass is 9.97. The molecule has 2 heterocycles. The van der Waals surface area contributed by atoms with E-state index in [0.29, 0.717) is 36.7 Å². The fraction of sp³-hybridized carbons (Fsp3) is 0.448. The van der Waals surface area contributed by atoms with Crippen LogP contribution in [0.25, 0.3) is 10.6 Å². The van der Waals surface area contributed by atoms with Crippen molar-refractivity contribution in [2.24, 2.45) is 5.92 Å². The minimum atomic E-state index is -0.689. The molecule has 4 rings (SSSR count). The van der Waals surface area contributed by atoms with E-state index in [2.05, 4.69) is 34.2 Å². The van der Waals surface area contributed by atoms with Crippen LogP contribution in [0.3, 0.4) is 0 Å². The van der Waals surface area contributed by atoms with Crippen molar-refractivity contribution in [3.63, 3.8) is 0 Å². The molecule has 2 aromatic carbocycles. The normalized spacial score (nSPS) is 14.4. The number of anilines is 1. The smallest absolute Gasteiger partial charge is 0.306 e. The molecule has 1 aliphatic heterocycles. The van der Waals surface area contributed by atoms with Crippen molar-refractivity contribution in [3.8, 4) is 16.3 Å². The van der Waals surface area contributed by atoms with Gasteiger partial charge in [0, 0.05) is 24.2 Å². The van der Waals surface area contributed by atoms with Crippen molar-refractivity contribution in [1.29, 1.82) is 0 Å². The molecule has 0 unspecified atom stereocenters. The van der Waals surface area contributed by atoms with Crippen molar-refractivity contribution < 1.29 is 19.4 Å². The van der Waals surface area contributed by atoms with Crippen molar-refractivity contribution in [2.75, 3.05) is 37.7 Å². The van der Waals surface area contributed by atoms with Gasteiger partial charge >= 0.3 is 5.97 Å². The van der Waals surface area contributed by atoms with Gasteiger partial charge in [-0.2, -0.15) is 0 Å². The first-order valence-corrected chi connectivity index (χ1v) is 14.1. The minimum absolute atomic E-state index is 0.0648. The van der Waals surface area contributed by atoms with Crippen LogP contribution < -0.4 is 9.64 Å². The van der Waals surface area contributed by atoms with Crippen LogP contribution in [0.15, 0.2) is 42.5 Å². The number of carboxylic acids is 1. The molecule has 8 nitrogen and oxygen atoms in total. The molecular formula is C29H36N4O4S. The highest BCUT2D eigenvalue weighted by molar-refractivity contribution is 7.18. The van der Waals surface area contributed by atoms with E-state index in [-0.39, 0.29) is 11.8 Å². The lowest BCUT2D eigenvalue weighted by molar-refractivity contribution is -0.143. The maximum absolute atomic E-state index is 13.2. The van der Waals surface area contributed by atoms with Gasteiger partial charge in [-0.1, -0.05) is 42.9 Å². The first-order chi connectivity index (χ1) is 18.4. The zero-order valence-corrected chi connectivity index (χ0v) is 23.2. The summed E-state index contributed by atoms with van der Waals surface area (Å²) in [6, 6.07) is 13.4. The number of hydrogen-bond donors (Lipinski definition) is 1. The highest BCUT2D eigenvalue weighted by Crippen LogP contribution is 2.34. The Morgan fingerprint density at radius 3 is 2.42 bits per heavy atom. The fourth-order valence-corrected chi connectivity index (χ4v) is 5.62. The number of hydrogen-bond acceptors (Lipinski definition) is 7. The van der Waals surface area contributed by atoms with E-state index >= 15 is 0 Å². The summed E-state index contributed by atoms with van der Waals surface area (Å²) in [5, 5.41) is 19.4. The van der Waals surface area contributed by atoms with Crippen LogP contribution in [0.2, 0.25) is 0 Å². The maximum Gasteiger partial charge on any atom is 0.306 e. The largest absolute Gasteiger partial charge is 0.492 e. The highest BCUT2D eigenvalue weighted by Gasteiger charge is 2.25. The van der Waals surface area contributed by atoms with Crippen LogP contribution in [0.1, 0.15) is 54.1 Å². The third-order valence-corrected chi connectivity index (χ3v) is 7.94. The number of aryl methyl sites for hydroxylation is 2. The van der Waals surface area contributed by atoms with Gasteiger partial charge in [0.25, 0.3) is 5.91 Å². The Morgan fingerprint density at radius 1 is 1.11 bits per heavy atom. The number of carboxylic acid groups (broad SMARTS) is 1. The molecule has 9 heteroatoms. The summed E-state index contributed by atoms with van der Waals surface area (Å²) < 4.78 is 6.16. The molecule has 1 aromatic heterocycles. The average Bonchev–Trinajstić information content (AvgIpc) is 3.41. The summed E-state index contributed by atoms with van der Waals surface area (Å²) in [6.45, 7) is 9.66. The number of nitrogens with zero attached hydrogens (tertiary/aromatic N) is 4. The van der Waals surface area contributed by atoms with Gasteiger partial charge in [-0.25, -0.2) is 0 Å². The molecule has 0 bridgehead atoms. The monoisotopic (exact) mass is 536 g/mol. The standard InChI is InChI=1S/C29H36N4O4S/c1-4-5-13-33(27(34)22-9-7-6-8-10-22)29-31-30-26(38-29)24-18-20(2)25(21(3)19-24)37-17-16-32-14-11-23(12-15-32)28(35)36/h6-10,18-19,23H,4-5,11-17H2,1-3H3,(H,35,36). The second kappa shape index (κ2) is 13.0. The molecule has 0 spiro atoms. The number of rotatable bonds is 11. The molecule has 0 atom stereocenters. The van der Waals surface area contributed by atoms with Crippen LogP contribution in [0.4, 0.5) is 5.13 Å². The molecular weight excluding hydrogens is 500 g/mol. The van der Waals surface area contributed by atoms with Crippen LogP contribution in [-0.2, 0) is 4.79 Å². The third-order valence-electron chi connectivity index (χ3n) is 6.94. The topological polar surface area (TPSA) is 95.9 Å². The lowest BCUT2D eigenvalue weighted by Crippen LogP contribution is -2.38. The zero-order chi connectivity index (χ0) is 27.1. The zero-order valence-electron chi connectivity index (χ0n) is 22.4. The predicted octanol–water partition coefficient (Wildman–Crippen LogP) is 5.44. The summed E-state index contributed by atoms with van der Waals surface area (Å²) in [6.07, 6.45) is 3.25. The number of likely N-dealkylation sites (tertiary alicyclic amines) is 1. The van der Waals surface area contributed by atoms with Gasteiger partial charge in [0.05, 0.1) is 5.92 Å². The second-order valence-corrected chi connectivity index (χ2v) is 10.8. The predicted molar refractivity (Wildman–Crippen MR) is 150 cm³/mol. The number of piperidine rings is 1. The first-order valence-electron chi connectivity index (χ1n) is 13.3. The average molecular weight is 537 g/mol. The van der Waals surface area contributed by atoms with E-state index in [1.54, 1.807) is 4.90 Å². The second-order valence-electron chi connectivity index (χ2n) is 9.81. The van der Waals surface area contributed by atoms with Crippen molar-refractivity contribution in [2.45, 2.75) is 46.5 Å². The molecule has 0 radical (unpaired) electrons. The molecule has 38 heavy (non-hydrogen) atoms. The molecule has 0 aliphatic carbocycles. The van der Waals surface area contributed by atoms with Gasteiger partial charge in [0.1, 0.15) is 17.4 Å². The molecule has 1 aliphatic rings. The van der Waals surface area contributed by atoms with Gasteiger partial charge in [-0.3, -0.25) is 19.4 Å². The van der Waals surface area contributed by atoms with E-state index in [4.69, 9.17) is 4.74 Å². The van der Waals surface area contributed by atoms with Crippen LogP contribution in [0, 0.1) is 19.8 Å². The Balaban J connectivity index is 1.42. The van der Waals surface area contributed by atoms with Crippen LogP contribution >= 0.6 is 11.3 Å². The molecule has 1 N–H and O–H groups in total. The Hall–Kier alpha value is -3.30. The molecule has 0 saturated carbocycles. The molecule has 3 aromatic rings. The number of aliphatic carboxylic acids is 1. The van der Waals surface area contributed by atoms with E-state index < -0.39 is 5.97 Å². The van der Waals surface area contributed by atoms with E-state index in [0.717, 1.165) is 59.9 Å². The van der Waals surface area contributed by atoms with Gasteiger partial charge in [0.2, 0.25) is 5.13 Å². The lowest BCUT2D eigenvalue weighted by Gasteiger charge is -2.30. The first kappa shape index (κ1) is 27.7. The Bertz CT molecular complexity index is 1220. The molecule has 202 valence electrons. The van der Waals surface area contributed by atoms with Gasteiger partial charge in [-0.15, -0.1) is 10.2 Å². The van der Waals surface area contributed by atoms with Gasteiger partial charge in [-0.05, 0) is 81.6 Å². The molecule has 1 amide bonds. The fourth-order valence-electron chi connectivity index (χ4n) is 4.76. The molecule has 1 fully saturated rings. The van der Waals surface area contributed by atoms with E-state index in [1.165, 1.54) is 11.3 Å². The third kappa shape index (κ3) is 6.76. The van der Waals surface area contributed by atoms with Gasteiger partial charge < -0.3 is 9.84 Å². The van der Waals surface area contributed by atoms with E-state index in [1.807, 2.05) is 44.2 Å². The number of aromatic nitrogens is 2. The Labute approximate surface area is 228 Å². The van der Waals surface area contributed by atoms with Crippen molar-refractivity contribution in [1.82, 2.24) is 15.1 Å². The van der Waals surface area contributed by atoms with Crippen molar-refractivity contribution in [3.05, 3.63) is 59.2 Å². The summed E-state index contributed by atoms with van der Waals surface area (Å²) in [5.41, 5.74) is 3.63. The number of benzene rings is 2. The van der Waals surface area contributed by atoms with Crippen LogP contribution in [-0.4, -0.2) is 64.9 Å². The summed E-state index contributed by atoms with van der Waals surface area (Å²) in [4.78, 5) is 28.4. The number of unbranched alkanes of at least 4 members (excludes halogenated alkanes) is 1. The number of carbonyl (C=O) groups is 2. The van der Waals surface area contributed by atoms with Gasteiger partial charge in [0.15, 0.2) is 0 Å². The Morgan fingerprint density at radius 2 is 1.79 bits per heavy atom.